The van der Waals surface area contributed by atoms with Gasteiger partial charge in [-0.3, -0.25) is 0 Å². The van der Waals surface area contributed by atoms with Gasteiger partial charge in [-0.25, -0.2) is 22.8 Å². The standard InChI is InChI=1S/C11H11F3N2O4/c1-11(20,9(17)18)4-15-10(19)16-5-2-6(12)8(14)7(13)3-5/h2-3,20H,4H2,1H3,(H,17,18)(H2,15,16,19). The molecule has 0 bridgehead atoms. The summed E-state index contributed by atoms with van der Waals surface area (Å²) in [4.78, 5) is 21.9. The quantitative estimate of drug-likeness (QED) is 0.624. The number of hydrogen-bond donors (Lipinski definition) is 4. The normalized spacial score (nSPS) is 13.4. The molecule has 0 aromatic heterocycles. The lowest BCUT2D eigenvalue weighted by Gasteiger charge is -2.18. The van der Waals surface area contributed by atoms with Crippen molar-refractivity contribution in [3.63, 3.8) is 0 Å². The van der Waals surface area contributed by atoms with Crippen LogP contribution in [-0.2, 0) is 4.79 Å². The number of hydrogen-bond acceptors (Lipinski definition) is 3. The van der Waals surface area contributed by atoms with Gasteiger partial charge in [0.1, 0.15) is 0 Å². The first-order chi connectivity index (χ1) is 9.13. The zero-order chi connectivity index (χ0) is 15.5. The molecule has 0 aliphatic rings. The van der Waals surface area contributed by atoms with Crippen molar-refractivity contribution in [1.29, 1.82) is 0 Å². The number of rotatable bonds is 4. The van der Waals surface area contributed by atoms with Gasteiger partial charge in [0, 0.05) is 17.8 Å². The highest BCUT2D eigenvalue weighted by Gasteiger charge is 2.30. The van der Waals surface area contributed by atoms with Crippen molar-refractivity contribution < 1.29 is 33.0 Å². The summed E-state index contributed by atoms with van der Waals surface area (Å²) in [7, 11) is 0. The fourth-order valence-electron chi connectivity index (χ4n) is 1.13. The van der Waals surface area contributed by atoms with E-state index < -0.39 is 41.6 Å². The number of aliphatic hydroxyl groups is 1. The van der Waals surface area contributed by atoms with Crippen LogP contribution >= 0.6 is 0 Å². The third-order valence-electron chi connectivity index (χ3n) is 2.30. The molecule has 4 N–H and O–H groups in total. The number of anilines is 1. The molecular formula is C11H11F3N2O4. The average molecular weight is 292 g/mol. The first-order valence-electron chi connectivity index (χ1n) is 5.28. The van der Waals surface area contributed by atoms with Gasteiger partial charge in [-0.15, -0.1) is 0 Å². The highest BCUT2D eigenvalue weighted by molar-refractivity contribution is 5.89. The average Bonchev–Trinajstić information content (AvgIpc) is 2.33. The Kier molecular flexibility index (Phi) is 4.56. The lowest BCUT2D eigenvalue weighted by atomic mass is 10.1. The fraction of sp³-hybridized carbons (Fsp3) is 0.273. The Morgan fingerprint density at radius 3 is 2.20 bits per heavy atom. The molecule has 0 radical (unpaired) electrons. The van der Waals surface area contributed by atoms with Crippen molar-refractivity contribution in [3.05, 3.63) is 29.6 Å². The Balaban J connectivity index is 2.66. The SMILES string of the molecule is CC(O)(CNC(=O)Nc1cc(F)c(F)c(F)c1)C(=O)O. The van der Waals surface area contributed by atoms with Crippen LogP contribution in [0.2, 0.25) is 0 Å². The van der Waals surface area contributed by atoms with Gasteiger partial charge in [-0.1, -0.05) is 0 Å². The number of halogens is 3. The van der Waals surface area contributed by atoms with Crippen LogP contribution in [-0.4, -0.2) is 34.4 Å². The van der Waals surface area contributed by atoms with E-state index in [2.05, 4.69) is 0 Å². The molecule has 20 heavy (non-hydrogen) atoms. The van der Waals surface area contributed by atoms with E-state index >= 15 is 0 Å². The highest BCUT2D eigenvalue weighted by Crippen LogP contribution is 2.17. The number of carboxylic acids is 1. The maximum Gasteiger partial charge on any atom is 0.337 e. The van der Waals surface area contributed by atoms with Gasteiger partial charge in [-0.2, -0.15) is 0 Å². The molecule has 0 fully saturated rings. The first kappa shape index (κ1) is 15.8. The Labute approximate surface area is 111 Å². The molecule has 1 unspecified atom stereocenters. The summed E-state index contributed by atoms with van der Waals surface area (Å²) in [6, 6.07) is 0.0812. The maximum atomic E-state index is 12.9. The molecule has 0 saturated carbocycles. The van der Waals surface area contributed by atoms with E-state index in [0.29, 0.717) is 12.1 Å². The minimum absolute atomic E-state index is 0.367. The molecular weight excluding hydrogens is 281 g/mol. The number of carboxylic acid groups (broad SMARTS) is 1. The van der Waals surface area contributed by atoms with Gasteiger partial charge < -0.3 is 20.8 Å². The van der Waals surface area contributed by atoms with Gasteiger partial charge >= 0.3 is 12.0 Å². The second-order valence-electron chi connectivity index (χ2n) is 4.14. The van der Waals surface area contributed by atoms with Crippen LogP contribution in [0.1, 0.15) is 6.92 Å². The molecule has 6 nitrogen and oxygen atoms in total. The number of carbonyl (C=O) groups excluding carboxylic acids is 1. The van der Waals surface area contributed by atoms with Crippen LogP contribution in [0.5, 0.6) is 0 Å². The monoisotopic (exact) mass is 292 g/mol. The number of benzene rings is 1. The van der Waals surface area contributed by atoms with Gasteiger partial charge in [0.15, 0.2) is 23.1 Å². The smallest absolute Gasteiger partial charge is 0.337 e. The third kappa shape index (κ3) is 3.85. The Morgan fingerprint density at radius 2 is 1.75 bits per heavy atom. The van der Waals surface area contributed by atoms with E-state index in [4.69, 9.17) is 5.11 Å². The van der Waals surface area contributed by atoms with Crippen LogP contribution in [0.3, 0.4) is 0 Å². The second kappa shape index (κ2) is 5.78. The molecule has 2 amide bonds. The van der Waals surface area contributed by atoms with Crippen molar-refractivity contribution >= 4 is 17.7 Å². The van der Waals surface area contributed by atoms with E-state index in [9.17, 15) is 27.9 Å². The lowest BCUT2D eigenvalue weighted by molar-refractivity contribution is -0.155. The summed E-state index contributed by atoms with van der Waals surface area (Å²) in [6.45, 7) is 0.313. The number of aliphatic carboxylic acids is 1. The van der Waals surface area contributed by atoms with Crippen LogP contribution in [0.25, 0.3) is 0 Å². The summed E-state index contributed by atoms with van der Waals surface area (Å²) < 4.78 is 38.4. The summed E-state index contributed by atoms with van der Waals surface area (Å²) >= 11 is 0. The summed E-state index contributed by atoms with van der Waals surface area (Å²) in [6.07, 6.45) is 0. The van der Waals surface area contributed by atoms with Crippen LogP contribution in [0, 0.1) is 17.5 Å². The van der Waals surface area contributed by atoms with Crippen LogP contribution < -0.4 is 10.6 Å². The molecule has 9 heteroatoms. The van der Waals surface area contributed by atoms with E-state index in [0.717, 1.165) is 6.92 Å². The molecule has 110 valence electrons. The molecule has 0 aliphatic heterocycles. The van der Waals surface area contributed by atoms with Crippen molar-refractivity contribution in [2.24, 2.45) is 0 Å². The second-order valence-corrected chi connectivity index (χ2v) is 4.14. The lowest BCUT2D eigenvalue weighted by Crippen LogP contribution is -2.47. The fourth-order valence-corrected chi connectivity index (χ4v) is 1.13. The number of carbonyl (C=O) groups is 2. The number of amides is 2. The molecule has 1 aromatic carbocycles. The Hall–Kier alpha value is -2.29. The Morgan fingerprint density at radius 1 is 1.25 bits per heavy atom. The molecule has 1 atom stereocenters. The molecule has 1 aromatic rings. The maximum absolute atomic E-state index is 12.9. The minimum Gasteiger partial charge on any atom is -0.479 e. The summed E-state index contributed by atoms with van der Waals surface area (Å²) in [5.74, 6) is -6.21. The minimum atomic E-state index is -2.20. The highest BCUT2D eigenvalue weighted by atomic mass is 19.2. The number of nitrogens with one attached hydrogen (secondary N) is 2. The van der Waals surface area contributed by atoms with Crippen molar-refractivity contribution in [1.82, 2.24) is 5.32 Å². The Bertz CT molecular complexity index is 525. The van der Waals surface area contributed by atoms with Gasteiger partial charge in [0.2, 0.25) is 0 Å². The summed E-state index contributed by atoms with van der Waals surface area (Å²) in [5.41, 5.74) is -2.56. The zero-order valence-electron chi connectivity index (χ0n) is 10.2. The van der Waals surface area contributed by atoms with Crippen molar-refractivity contribution in [3.8, 4) is 0 Å². The van der Waals surface area contributed by atoms with E-state index in [-0.39, 0.29) is 5.69 Å². The topological polar surface area (TPSA) is 98.7 Å². The van der Waals surface area contributed by atoms with E-state index in [1.54, 1.807) is 0 Å². The zero-order valence-corrected chi connectivity index (χ0v) is 10.2. The predicted molar refractivity (Wildman–Crippen MR) is 61.6 cm³/mol. The van der Waals surface area contributed by atoms with E-state index in [1.165, 1.54) is 0 Å². The van der Waals surface area contributed by atoms with Gasteiger partial charge in [-0.05, 0) is 6.92 Å². The van der Waals surface area contributed by atoms with Crippen LogP contribution in [0.15, 0.2) is 12.1 Å². The van der Waals surface area contributed by atoms with E-state index in [1.807, 2.05) is 10.6 Å². The number of urea groups is 1. The molecule has 1 rings (SSSR count). The third-order valence-corrected chi connectivity index (χ3v) is 2.30. The first-order valence-corrected chi connectivity index (χ1v) is 5.28. The van der Waals surface area contributed by atoms with Crippen LogP contribution in [0.4, 0.5) is 23.7 Å². The van der Waals surface area contributed by atoms with Crippen molar-refractivity contribution in [2.45, 2.75) is 12.5 Å². The largest absolute Gasteiger partial charge is 0.479 e. The van der Waals surface area contributed by atoms with Crippen molar-refractivity contribution in [2.75, 3.05) is 11.9 Å². The molecule has 0 aliphatic carbocycles. The molecule has 0 heterocycles. The molecule has 0 spiro atoms. The van der Waals surface area contributed by atoms with Gasteiger partial charge in [0.05, 0.1) is 6.54 Å². The molecule has 0 saturated heterocycles. The predicted octanol–water partition coefficient (Wildman–Crippen LogP) is 1.06. The van der Waals surface area contributed by atoms with Gasteiger partial charge in [0.25, 0.3) is 0 Å². The summed E-state index contributed by atoms with van der Waals surface area (Å²) in [5, 5.41) is 21.9.